The van der Waals surface area contributed by atoms with Crippen LogP contribution in [-0.2, 0) is 25.6 Å². The molecule has 1 aliphatic rings. The van der Waals surface area contributed by atoms with Gasteiger partial charge < -0.3 is 9.94 Å². The van der Waals surface area contributed by atoms with Gasteiger partial charge in [-0.25, -0.2) is 14.8 Å². The summed E-state index contributed by atoms with van der Waals surface area (Å²) in [5.74, 6) is -1.48. The SMILES string of the molecule is O=C(Cc1ccc2nc(-c3nc4ccc(O)cc4s3)sc2c1)ON1C(=O)CCC1=O. The minimum Gasteiger partial charge on any atom is -0.508 e. The lowest BCUT2D eigenvalue weighted by molar-refractivity contribution is -0.197. The molecule has 3 heterocycles. The molecule has 0 bridgehead atoms. The predicted octanol–water partition coefficient (Wildman–Crippen LogP) is 3.43. The first-order valence-electron chi connectivity index (χ1n) is 9.02. The van der Waals surface area contributed by atoms with Crippen LogP contribution >= 0.6 is 22.7 Å². The van der Waals surface area contributed by atoms with Crippen molar-refractivity contribution in [1.82, 2.24) is 15.0 Å². The van der Waals surface area contributed by atoms with E-state index < -0.39 is 17.8 Å². The second-order valence-electron chi connectivity index (χ2n) is 6.71. The molecular weight excluding hydrogens is 426 g/mol. The first-order chi connectivity index (χ1) is 14.5. The number of amides is 2. The fourth-order valence-corrected chi connectivity index (χ4v) is 5.18. The molecule has 4 aromatic rings. The van der Waals surface area contributed by atoms with E-state index in [1.54, 1.807) is 24.3 Å². The van der Waals surface area contributed by atoms with Crippen molar-refractivity contribution >= 4 is 60.9 Å². The van der Waals surface area contributed by atoms with E-state index >= 15 is 0 Å². The number of thiazole rings is 2. The van der Waals surface area contributed by atoms with Crippen LogP contribution in [0.5, 0.6) is 5.75 Å². The average Bonchev–Trinajstić information content (AvgIpc) is 3.40. The van der Waals surface area contributed by atoms with Crippen molar-refractivity contribution < 1.29 is 24.3 Å². The van der Waals surface area contributed by atoms with Crippen molar-refractivity contribution in [1.29, 1.82) is 0 Å². The Kier molecular flexibility index (Phi) is 4.44. The van der Waals surface area contributed by atoms with Crippen LogP contribution in [0.15, 0.2) is 36.4 Å². The van der Waals surface area contributed by atoms with Crippen molar-refractivity contribution in [2.45, 2.75) is 19.3 Å². The Morgan fingerprint density at radius 3 is 2.23 bits per heavy atom. The second kappa shape index (κ2) is 7.15. The molecule has 0 radical (unpaired) electrons. The normalized spacial score (nSPS) is 14.2. The van der Waals surface area contributed by atoms with Gasteiger partial charge in [0.05, 0.1) is 26.9 Å². The van der Waals surface area contributed by atoms with Gasteiger partial charge in [0.2, 0.25) is 0 Å². The standard InChI is InChI=1S/C20H13N3O5S2/c24-11-2-4-13-15(9-11)30-20(22-13)19-21-12-3-1-10(7-14(12)29-19)8-18(27)28-23-16(25)5-6-17(23)26/h1-4,7,9,24H,5-6,8H2. The Labute approximate surface area is 177 Å². The lowest BCUT2D eigenvalue weighted by Crippen LogP contribution is -2.32. The van der Waals surface area contributed by atoms with Gasteiger partial charge >= 0.3 is 5.97 Å². The lowest BCUT2D eigenvalue weighted by atomic mass is 10.1. The van der Waals surface area contributed by atoms with Crippen LogP contribution in [0.3, 0.4) is 0 Å². The molecule has 1 saturated heterocycles. The van der Waals surface area contributed by atoms with Gasteiger partial charge in [0.1, 0.15) is 5.75 Å². The first kappa shape index (κ1) is 18.6. The van der Waals surface area contributed by atoms with Crippen molar-refractivity contribution in [2.24, 2.45) is 0 Å². The minimum atomic E-state index is -0.673. The molecule has 5 rings (SSSR count). The van der Waals surface area contributed by atoms with E-state index in [1.165, 1.54) is 22.7 Å². The van der Waals surface area contributed by atoms with Gasteiger partial charge in [-0.05, 0) is 35.9 Å². The lowest BCUT2D eigenvalue weighted by Gasteiger charge is -2.12. The Balaban J connectivity index is 1.37. The number of aromatic hydroxyl groups is 1. The van der Waals surface area contributed by atoms with Gasteiger partial charge in [-0.1, -0.05) is 6.07 Å². The number of phenols is 1. The average molecular weight is 439 g/mol. The monoisotopic (exact) mass is 439 g/mol. The number of benzene rings is 2. The summed E-state index contributed by atoms with van der Waals surface area (Å²) >= 11 is 2.89. The van der Waals surface area contributed by atoms with E-state index in [-0.39, 0.29) is 25.0 Å². The second-order valence-corrected chi connectivity index (χ2v) is 8.78. The maximum absolute atomic E-state index is 12.1. The maximum Gasteiger partial charge on any atom is 0.337 e. The van der Waals surface area contributed by atoms with Crippen LogP contribution < -0.4 is 0 Å². The molecule has 8 nitrogen and oxygen atoms in total. The highest BCUT2D eigenvalue weighted by Crippen LogP contribution is 2.36. The van der Waals surface area contributed by atoms with Crippen molar-refractivity contribution in [3.63, 3.8) is 0 Å². The third kappa shape index (κ3) is 3.40. The molecule has 2 aromatic carbocycles. The Morgan fingerprint density at radius 1 is 0.967 bits per heavy atom. The highest BCUT2D eigenvalue weighted by molar-refractivity contribution is 7.27. The zero-order chi connectivity index (χ0) is 20.8. The fraction of sp³-hybridized carbons (Fsp3) is 0.150. The number of carbonyl (C=O) groups is 3. The number of imide groups is 1. The van der Waals surface area contributed by atoms with Crippen LogP contribution in [-0.4, -0.2) is 37.9 Å². The van der Waals surface area contributed by atoms with Crippen LogP contribution in [0.25, 0.3) is 30.4 Å². The van der Waals surface area contributed by atoms with E-state index in [2.05, 4.69) is 9.97 Å². The summed E-state index contributed by atoms with van der Waals surface area (Å²) < 4.78 is 1.75. The number of hydrogen-bond donors (Lipinski definition) is 1. The summed E-state index contributed by atoms with van der Waals surface area (Å²) in [6.45, 7) is 0. The van der Waals surface area contributed by atoms with Crippen LogP contribution in [0, 0.1) is 0 Å². The molecule has 1 fully saturated rings. The summed E-state index contributed by atoms with van der Waals surface area (Å²) in [7, 11) is 0. The largest absolute Gasteiger partial charge is 0.508 e. The predicted molar refractivity (Wildman–Crippen MR) is 111 cm³/mol. The van der Waals surface area contributed by atoms with Crippen LogP contribution in [0.2, 0.25) is 0 Å². The van der Waals surface area contributed by atoms with E-state index in [4.69, 9.17) is 4.84 Å². The van der Waals surface area contributed by atoms with Crippen molar-refractivity contribution in [2.75, 3.05) is 0 Å². The molecule has 0 saturated carbocycles. The van der Waals surface area contributed by atoms with E-state index in [9.17, 15) is 19.5 Å². The zero-order valence-electron chi connectivity index (χ0n) is 15.3. The number of aromatic nitrogens is 2. The van der Waals surface area contributed by atoms with Crippen molar-refractivity contribution in [3.8, 4) is 15.8 Å². The molecule has 150 valence electrons. The van der Waals surface area contributed by atoms with E-state index in [0.29, 0.717) is 10.6 Å². The van der Waals surface area contributed by atoms with Gasteiger partial charge in [0.15, 0.2) is 10.0 Å². The number of nitrogens with zero attached hydrogens (tertiary/aromatic N) is 3. The molecule has 1 aliphatic heterocycles. The summed E-state index contributed by atoms with van der Waals surface area (Å²) in [4.78, 5) is 49.4. The molecule has 1 N–H and O–H groups in total. The zero-order valence-corrected chi connectivity index (χ0v) is 17.0. The number of carbonyl (C=O) groups excluding carboxylic acids is 3. The van der Waals surface area contributed by atoms with Gasteiger partial charge in [0, 0.05) is 12.8 Å². The molecule has 0 atom stereocenters. The Bertz CT molecular complexity index is 1330. The Hall–Kier alpha value is -3.37. The molecule has 30 heavy (non-hydrogen) atoms. The topological polar surface area (TPSA) is 110 Å². The fourth-order valence-electron chi connectivity index (χ4n) is 3.13. The molecule has 0 spiro atoms. The third-order valence-corrected chi connectivity index (χ3v) is 6.73. The molecule has 0 unspecified atom stereocenters. The maximum atomic E-state index is 12.1. The van der Waals surface area contributed by atoms with E-state index in [1.807, 2.05) is 12.1 Å². The number of phenolic OH excluding ortho intramolecular Hbond substituents is 1. The Morgan fingerprint density at radius 2 is 1.57 bits per heavy atom. The number of hydrogen-bond acceptors (Lipinski definition) is 9. The van der Waals surface area contributed by atoms with E-state index in [0.717, 1.165) is 30.4 Å². The number of rotatable bonds is 4. The van der Waals surface area contributed by atoms with Crippen LogP contribution in [0.1, 0.15) is 18.4 Å². The molecular formula is C20H13N3O5S2. The quantitative estimate of drug-likeness (QED) is 0.485. The number of hydroxylamine groups is 2. The molecule has 2 aromatic heterocycles. The summed E-state index contributed by atoms with van der Waals surface area (Å²) in [5, 5.41) is 11.7. The highest BCUT2D eigenvalue weighted by Gasteiger charge is 2.32. The summed E-state index contributed by atoms with van der Waals surface area (Å²) in [6, 6.07) is 10.4. The molecule has 10 heteroatoms. The van der Waals surface area contributed by atoms with Crippen molar-refractivity contribution in [3.05, 3.63) is 42.0 Å². The molecule has 0 aliphatic carbocycles. The summed E-state index contributed by atoms with van der Waals surface area (Å²) in [5.41, 5.74) is 2.26. The van der Waals surface area contributed by atoms with Gasteiger partial charge in [-0.15, -0.1) is 27.7 Å². The van der Waals surface area contributed by atoms with Gasteiger partial charge in [-0.3, -0.25) is 9.59 Å². The molecule has 2 amide bonds. The number of fused-ring (bicyclic) bond motifs is 2. The van der Waals surface area contributed by atoms with Gasteiger partial charge in [-0.2, -0.15) is 0 Å². The first-order valence-corrected chi connectivity index (χ1v) is 10.7. The smallest absolute Gasteiger partial charge is 0.337 e. The summed E-state index contributed by atoms with van der Waals surface area (Å²) in [6.07, 6.45) is 0.0564. The van der Waals surface area contributed by atoms with Crippen LogP contribution in [0.4, 0.5) is 0 Å². The third-order valence-electron chi connectivity index (χ3n) is 4.56. The minimum absolute atomic E-state index is 0.0626. The van der Waals surface area contributed by atoms with Gasteiger partial charge in [0.25, 0.3) is 11.8 Å². The highest BCUT2D eigenvalue weighted by atomic mass is 32.1.